The lowest BCUT2D eigenvalue weighted by atomic mass is 10.1. The van der Waals surface area contributed by atoms with E-state index in [1.54, 1.807) is 21.3 Å². The number of hydrogen-bond donors (Lipinski definition) is 0. The highest BCUT2D eigenvalue weighted by atomic mass is 16.5. The van der Waals surface area contributed by atoms with Gasteiger partial charge in [-0.05, 0) is 48.7 Å². The number of nitrogens with zero attached hydrogens (tertiary/aromatic N) is 1. The van der Waals surface area contributed by atoms with Crippen LogP contribution in [-0.2, 0) is 17.8 Å². The van der Waals surface area contributed by atoms with E-state index in [0.717, 1.165) is 22.4 Å². The van der Waals surface area contributed by atoms with Crippen molar-refractivity contribution >= 4 is 5.91 Å². The zero-order chi connectivity index (χ0) is 19.1. The summed E-state index contributed by atoms with van der Waals surface area (Å²) in [5, 5.41) is 0. The first-order valence-corrected chi connectivity index (χ1v) is 8.64. The first-order chi connectivity index (χ1) is 12.5. The number of carbonyl (C=O) groups is 1. The van der Waals surface area contributed by atoms with Crippen LogP contribution in [0.1, 0.15) is 23.6 Å². The van der Waals surface area contributed by atoms with Crippen LogP contribution >= 0.6 is 0 Å². The molecular formula is C21H27NO4. The number of carbonyl (C=O) groups excluding carboxylic acids is 1. The molecule has 0 aromatic heterocycles. The number of likely N-dealkylation sites (N-methyl/N-ethyl adjacent to an activating group) is 1. The minimum atomic E-state index is 0.0770. The van der Waals surface area contributed by atoms with Crippen LogP contribution in [0.15, 0.2) is 36.4 Å². The Morgan fingerprint density at radius 1 is 0.885 bits per heavy atom. The zero-order valence-corrected chi connectivity index (χ0v) is 16.2. The molecule has 5 heteroatoms. The predicted octanol–water partition coefficient (Wildman–Crippen LogP) is 3.61. The number of amides is 1. The molecule has 0 aliphatic rings. The lowest BCUT2D eigenvalue weighted by molar-refractivity contribution is -0.130. The van der Waals surface area contributed by atoms with Crippen molar-refractivity contribution < 1.29 is 19.0 Å². The number of aryl methyl sites for hydroxylation is 1. The maximum Gasteiger partial charge on any atom is 0.227 e. The van der Waals surface area contributed by atoms with Crippen molar-refractivity contribution in [3.8, 4) is 17.2 Å². The van der Waals surface area contributed by atoms with E-state index in [1.807, 2.05) is 55.1 Å². The Morgan fingerprint density at radius 2 is 1.50 bits per heavy atom. The summed E-state index contributed by atoms with van der Waals surface area (Å²) in [6.07, 6.45) is 0.345. The Morgan fingerprint density at radius 3 is 2.12 bits per heavy atom. The van der Waals surface area contributed by atoms with Crippen LogP contribution in [0.3, 0.4) is 0 Å². The second kappa shape index (κ2) is 9.13. The standard InChI is InChI=1S/C21H27NO4/c1-6-22(14-17-9-10-18(24-3)20(12-17)26-5)21(23)13-16-8-7-15(2)19(11-16)25-4/h7-12H,6,13-14H2,1-5H3. The molecule has 0 saturated carbocycles. The Kier molecular flexibility index (Phi) is 6.89. The molecule has 0 aliphatic carbocycles. The van der Waals surface area contributed by atoms with Crippen LogP contribution in [0.25, 0.3) is 0 Å². The molecule has 0 aliphatic heterocycles. The summed E-state index contributed by atoms with van der Waals surface area (Å²) in [7, 11) is 4.85. The number of benzene rings is 2. The third kappa shape index (κ3) is 4.69. The van der Waals surface area contributed by atoms with E-state index in [4.69, 9.17) is 14.2 Å². The summed E-state index contributed by atoms with van der Waals surface area (Å²) < 4.78 is 16.0. The van der Waals surface area contributed by atoms with Crippen LogP contribution < -0.4 is 14.2 Å². The average Bonchev–Trinajstić information content (AvgIpc) is 2.67. The molecule has 0 N–H and O–H groups in total. The van der Waals surface area contributed by atoms with Gasteiger partial charge in [0.05, 0.1) is 27.8 Å². The van der Waals surface area contributed by atoms with Crippen molar-refractivity contribution in [3.05, 3.63) is 53.1 Å². The molecule has 0 fully saturated rings. The molecule has 0 unspecified atom stereocenters. The van der Waals surface area contributed by atoms with E-state index >= 15 is 0 Å². The molecule has 0 spiro atoms. The summed E-state index contributed by atoms with van der Waals surface area (Å²) in [4.78, 5) is 14.6. The van der Waals surface area contributed by atoms with Crippen LogP contribution in [0, 0.1) is 6.92 Å². The van der Waals surface area contributed by atoms with Gasteiger partial charge in [-0.15, -0.1) is 0 Å². The normalized spacial score (nSPS) is 10.3. The smallest absolute Gasteiger partial charge is 0.227 e. The van der Waals surface area contributed by atoms with Gasteiger partial charge in [-0.25, -0.2) is 0 Å². The van der Waals surface area contributed by atoms with E-state index in [1.165, 1.54) is 0 Å². The molecule has 0 saturated heterocycles. The van der Waals surface area contributed by atoms with Crippen molar-refractivity contribution in [2.45, 2.75) is 26.8 Å². The van der Waals surface area contributed by atoms with Crippen LogP contribution in [-0.4, -0.2) is 38.7 Å². The van der Waals surface area contributed by atoms with E-state index in [-0.39, 0.29) is 5.91 Å². The van der Waals surface area contributed by atoms with Gasteiger partial charge in [0.1, 0.15) is 5.75 Å². The molecule has 26 heavy (non-hydrogen) atoms. The lowest BCUT2D eigenvalue weighted by Crippen LogP contribution is -2.31. The molecule has 2 aromatic carbocycles. The third-order valence-corrected chi connectivity index (χ3v) is 4.38. The lowest BCUT2D eigenvalue weighted by Gasteiger charge is -2.22. The molecule has 0 radical (unpaired) electrons. The van der Waals surface area contributed by atoms with Gasteiger partial charge >= 0.3 is 0 Å². The third-order valence-electron chi connectivity index (χ3n) is 4.38. The fourth-order valence-corrected chi connectivity index (χ4v) is 2.84. The fraction of sp³-hybridized carbons (Fsp3) is 0.381. The molecule has 2 rings (SSSR count). The van der Waals surface area contributed by atoms with Gasteiger partial charge in [-0.2, -0.15) is 0 Å². The number of ether oxygens (including phenoxy) is 3. The molecule has 0 bridgehead atoms. The second-order valence-corrected chi connectivity index (χ2v) is 6.08. The van der Waals surface area contributed by atoms with E-state index in [0.29, 0.717) is 31.0 Å². The summed E-state index contributed by atoms with van der Waals surface area (Å²) in [6, 6.07) is 11.6. The highest BCUT2D eigenvalue weighted by molar-refractivity contribution is 5.79. The number of methoxy groups -OCH3 is 3. The molecule has 2 aromatic rings. The Hall–Kier alpha value is -2.69. The largest absolute Gasteiger partial charge is 0.496 e. The zero-order valence-electron chi connectivity index (χ0n) is 16.2. The van der Waals surface area contributed by atoms with Crippen molar-refractivity contribution in [3.63, 3.8) is 0 Å². The quantitative estimate of drug-likeness (QED) is 0.724. The Balaban J connectivity index is 2.11. The molecule has 5 nitrogen and oxygen atoms in total. The monoisotopic (exact) mass is 357 g/mol. The van der Waals surface area contributed by atoms with Crippen molar-refractivity contribution in [1.82, 2.24) is 4.90 Å². The number of hydrogen-bond acceptors (Lipinski definition) is 4. The summed E-state index contributed by atoms with van der Waals surface area (Å²) >= 11 is 0. The van der Waals surface area contributed by atoms with Gasteiger partial charge in [0.15, 0.2) is 11.5 Å². The Labute approximate surface area is 155 Å². The summed E-state index contributed by atoms with van der Waals surface area (Å²) in [5.41, 5.74) is 3.00. The van der Waals surface area contributed by atoms with Crippen molar-refractivity contribution in [2.75, 3.05) is 27.9 Å². The van der Waals surface area contributed by atoms with Gasteiger partial charge in [-0.3, -0.25) is 4.79 Å². The molecule has 140 valence electrons. The van der Waals surface area contributed by atoms with Gasteiger partial charge in [0.25, 0.3) is 0 Å². The van der Waals surface area contributed by atoms with Gasteiger partial charge < -0.3 is 19.1 Å². The maximum atomic E-state index is 12.7. The summed E-state index contributed by atoms with van der Waals surface area (Å²) in [5.74, 6) is 2.22. The minimum Gasteiger partial charge on any atom is -0.496 e. The first kappa shape index (κ1) is 19.6. The fourth-order valence-electron chi connectivity index (χ4n) is 2.84. The first-order valence-electron chi connectivity index (χ1n) is 8.64. The second-order valence-electron chi connectivity index (χ2n) is 6.08. The molecule has 1 amide bonds. The van der Waals surface area contributed by atoms with E-state index < -0.39 is 0 Å². The highest BCUT2D eigenvalue weighted by Crippen LogP contribution is 2.28. The Bertz CT molecular complexity index is 758. The molecule has 0 atom stereocenters. The SMILES string of the molecule is CCN(Cc1ccc(OC)c(OC)c1)C(=O)Cc1ccc(C)c(OC)c1. The average molecular weight is 357 g/mol. The molecular weight excluding hydrogens is 330 g/mol. The van der Waals surface area contributed by atoms with Crippen LogP contribution in [0.5, 0.6) is 17.2 Å². The minimum absolute atomic E-state index is 0.0770. The maximum absolute atomic E-state index is 12.7. The van der Waals surface area contributed by atoms with Gasteiger partial charge in [0, 0.05) is 13.1 Å². The van der Waals surface area contributed by atoms with Crippen molar-refractivity contribution in [1.29, 1.82) is 0 Å². The van der Waals surface area contributed by atoms with Crippen LogP contribution in [0.2, 0.25) is 0 Å². The highest BCUT2D eigenvalue weighted by Gasteiger charge is 2.15. The van der Waals surface area contributed by atoms with Crippen molar-refractivity contribution in [2.24, 2.45) is 0 Å². The van der Waals surface area contributed by atoms with Gasteiger partial charge in [-0.1, -0.05) is 18.2 Å². The predicted molar refractivity (Wildman–Crippen MR) is 102 cm³/mol. The number of rotatable bonds is 8. The van der Waals surface area contributed by atoms with Crippen LogP contribution in [0.4, 0.5) is 0 Å². The van der Waals surface area contributed by atoms with E-state index in [2.05, 4.69) is 0 Å². The topological polar surface area (TPSA) is 48.0 Å². The summed E-state index contributed by atoms with van der Waals surface area (Å²) in [6.45, 7) is 5.13. The molecule has 0 heterocycles. The van der Waals surface area contributed by atoms with E-state index in [9.17, 15) is 4.79 Å². The van der Waals surface area contributed by atoms with Gasteiger partial charge in [0.2, 0.25) is 5.91 Å².